The molecule has 0 radical (unpaired) electrons. The van der Waals surface area contributed by atoms with Crippen molar-refractivity contribution in [3.63, 3.8) is 0 Å². The van der Waals surface area contributed by atoms with Crippen molar-refractivity contribution in [2.45, 2.75) is 13.3 Å². The average molecular weight is 503 g/mol. The van der Waals surface area contributed by atoms with Crippen LogP contribution < -0.4 is 14.8 Å². The van der Waals surface area contributed by atoms with Crippen LogP contribution in [0.15, 0.2) is 81.9 Å². The Hall–Kier alpha value is -3.23. The zero-order valence-corrected chi connectivity index (χ0v) is 18.5. The number of furan rings is 1. The molecule has 9 heteroatoms. The molecular weight excluding hydrogens is 486 g/mol. The number of hydrogen-bond donors (Lipinski definition) is 1. The van der Waals surface area contributed by atoms with E-state index in [1.807, 2.05) is 24.3 Å². The number of halogens is 2. The molecule has 2 heterocycles. The molecule has 0 saturated carbocycles. The Labute approximate surface area is 191 Å². The Morgan fingerprint density at radius 2 is 2.00 bits per heavy atom. The first kappa shape index (κ1) is 21.0. The van der Waals surface area contributed by atoms with Gasteiger partial charge in [0, 0.05) is 5.02 Å². The van der Waals surface area contributed by atoms with Crippen LogP contribution in [0.25, 0.3) is 0 Å². The molecule has 0 aliphatic rings. The van der Waals surface area contributed by atoms with Crippen LogP contribution in [0.3, 0.4) is 0 Å². The highest BCUT2D eigenvalue weighted by molar-refractivity contribution is 9.10. The minimum Gasteiger partial charge on any atom is -0.484 e. The molecular formula is C22H17BrClN3O4. The van der Waals surface area contributed by atoms with Gasteiger partial charge in [-0.2, -0.15) is 5.10 Å². The summed E-state index contributed by atoms with van der Waals surface area (Å²) in [4.78, 5) is 12.4. The fourth-order valence-corrected chi connectivity index (χ4v) is 3.26. The van der Waals surface area contributed by atoms with E-state index >= 15 is 0 Å². The maximum absolute atomic E-state index is 12.4. The predicted octanol–water partition coefficient (Wildman–Crippen LogP) is 5.76. The van der Waals surface area contributed by atoms with E-state index in [1.165, 1.54) is 6.20 Å². The zero-order chi connectivity index (χ0) is 21.6. The number of carbonyl (C=O) groups is 1. The summed E-state index contributed by atoms with van der Waals surface area (Å²) in [5.74, 6) is 1.64. The van der Waals surface area contributed by atoms with Crippen LogP contribution in [0.5, 0.6) is 11.5 Å². The van der Waals surface area contributed by atoms with Crippen molar-refractivity contribution in [2.75, 3.05) is 5.32 Å². The lowest BCUT2D eigenvalue weighted by atomic mass is 10.3. The first-order valence-electron chi connectivity index (χ1n) is 9.25. The van der Waals surface area contributed by atoms with Crippen LogP contribution in [0, 0.1) is 0 Å². The van der Waals surface area contributed by atoms with Gasteiger partial charge in [-0.1, -0.05) is 29.8 Å². The van der Waals surface area contributed by atoms with E-state index in [0.717, 1.165) is 4.47 Å². The zero-order valence-electron chi connectivity index (χ0n) is 16.1. The molecule has 0 bridgehead atoms. The minimum absolute atomic E-state index is 0.174. The van der Waals surface area contributed by atoms with Crippen LogP contribution in [0.4, 0.5) is 5.69 Å². The van der Waals surface area contributed by atoms with E-state index < -0.39 is 0 Å². The number of nitrogens with zero attached hydrogens (tertiary/aromatic N) is 2. The van der Waals surface area contributed by atoms with Gasteiger partial charge in [-0.15, -0.1) is 0 Å². The highest BCUT2D eigenvalue weighted by atomic mass is 79.9. The van der Waals surface area contributed by atoms with Gasteiger partial charge < -0.3 is 19.2 Å². The molecule has 31 heavy (non-hydrogen) atoms. The molecule has 2 aromatic heterocycles. The van der Waals surface area contributed by atoms with Crippen molar-refractivity contribution >= 4 is 39.1 Å². The summed E-state index contributed by atoms with van der Waals surface area (Å²) in [5, 5.41) is 7.50. The second-order valence-corrected chi connectivity index (χ2v) is 7.73. The molecule has 1 N–H and O–H groups in total. The molecule has 0 saturated heterocycles. The highest BCUT2D eigenvalue weighted by Crippen LogP contribution is 2.25. The fraction of sp³-hybridized carbons (Fsp3) is 0.0909. The standard InChI is InChI=1S/C22H17BrClN3O4/c23-19-6-1-2-7-20(19)29-13-18-8-9-21(31-18)22(28)26-16-11-25-27(12-16)14-30-17-5-3-4-15(24)10-17/h1-12H,13-14H2,(H,26,28). The third kappa shape index (κ3) is 5.68. The van der Waals surface area contributed by atoms with Crippen molar-refractivity contribution in [3.05, 3.63) is 94.1 Å². The Bertz CT molecular complexity index is 1190. The molecule has 0 spiro atoms. The van der Waals surface area contributed by atoms with Crippen LogP contribution in [0.2, 0.25) is 5.02 Å². The lowest BCUT2D eigenvalue weighted by Crippen LogP contribution is -2.10. The smallest absolute Gasteiger partial charge is 0.291 e. The molecule has 0 atom stereocenters. The third-order valence-corrected chi connectivity index (χ3v) is 5.03. The Kier molecular flexibility index (Phi) is 6.59. The van der Waals surface area contributed by atoms with E-state index in [1.54, 1.807) is 47.3 Å². The van der Waals surface area contributed by atoms with Gasteiger partial charge in [0.05, 0.1) is 22.6 Å². The predicted molar refractivity (Wildman–Crippen MR) is 119 cm³/mol. The number of ether oxygens (including phenoxy) is 2. The van der Waals surface area contributed by atoms with E-state index in [-0.39, 0.29) is 25.0 Å². The van der Waals surface area contributed by atoms with E-state index in [9.17, 15) is 4.79 Å². The van der Waals surface area contributed by atoms with Gasteiger partial charge in [0.15, 0.2) is 12.5 Å². The van der Waals surface area contributed by atoms with Crippen LogP contribution in [-0.4, -0.2) is 15.7 Å². The van der Waals surface area contributed by atoms with Gasteiger partial charge in [0.1, 0.15) is 23.9 Å². The van der Waals surface area contributed by atoms with Crippen LogP contribution in [0.1, 0.15) is 16.3 Å². The van der Waals surface area contributed by atoms with Crippen LogP contribution in [-0.2, 0) is 13.3 Å². The van der Waals surface area contributed by atoms with Crippen molar-refractivity contribution in [1.82, 2.24) is 9.78 Å². The van der Waals surface area contributed by atoms with Gasteiger partial charge in [0.2, 0.25) is 0 Å². The van der Waals surface area contributed by atoms with Gasteiger partial charge >= 0.3 is 0 Å². The second kappa shape index (κ2) is 9.72. The first-order chi connectivity index (χ1) is 15.1. The topological polar surface area (TPSA) is 78.5 Å². The normalized spacial score (nSPS) is 10.6. The fourth-order valence-electron chi connectivity index (χ4n) is 2.68. The molecule has 7 nitrogen and oxygen atoms in total. The molecule has 1 amide bonds. The highest BCUT2D eigenvalue weighted by Gasteiger charge is 2.13. The van der Waals surface area contributed by atoms with E-state index in [2.05, 4.69) is 26.3 Å². The lowest BCUT2D eigenvalue weighted by Gasteiger charge is -2.06. The summed E-state index contributed by atoms with van der Waals surface area (Å²) in [6.07, 6.45) is 3.18. The number of rotatable bonds is 8. The number of benzene rings is 2. The molecule has 0 aliphatic carbocycles. The van der Waals surface area contributed by atoms with Crippen LogP contribution >= 0.6 is 27.5 Å². The van der Waals surface area contributed by atoms with Crippen molar-refractivity contribution in [3.8, 4) is 11.5 Å². The Balaban J connectivity index is 1.30. The Morgan fingerprint density at radius 3 is 2.84 bits per heavy atom. The first-order valence-corrected chi connectivity index (χ1v) is 10.4. The van der Waals surface area contributed by atoms with Crippen molar-refractivity contribution < 1.29 is 18.7 Å². The van der Waals surface area contributed by atoms with Gasteiger partial charge in [0.25, 0.3) is 5.91 Å². The second-order valence-electron chi connectivity index (χ2n) is 6.44. The summed E-state index contributed by atoms with van der Waals surface area (Å²) >= 11 is 9.36. The average Bonchev–Trinajstić information content (AvgIpc) is 3.41. The lowest BCUT2D eigenvalue weighted by molar-refractivity contribution is 0.0992. The van der Waals surface area contributed by atoms with Crippen molar-refractivity contribution in [2.24, 2.45) is 0 Å². The summed E-state index contributed by atoms with van der Waals surface area (Å²) in [5.41, 5.74) is 0.516. The largest absolute Gasteiger partial charge is 0.484 e. The maximum Gasteiger partial charge on any atom is 0.291 e. The van der Waals surface area contributed by atoms with E-state index in [0.29, 0.717) is 28.0 Å². The van der Waals surface area contributed by atoms with Gasteiger partial charge in [-0.05, 0) is 58.4 Å². The minimum atomic E-state index is -0.387. The molecule has 158 valence electrons. The molecule has 0 fully saturated rings. The molecule has 2 aromatic carbocycles. The number of nitrogens with one attached hydrogen (secondary N) is 1. The third-order valence-electron chi connectivity index (χ3n) is 4.14. The Morgan fingerprint density at radius 1 is 1.13 bits per heavy atom. The SMILES string of the molecule is O=C(Nc1cnn(COc2cccc(Cl)c2)c1)c1ccc(COc2ccccc2Br)o1. The van der Waals surface area contributed by atoms with Gasteiger partial charge in [-0.3, -0.25) is 4.79 Å². The monoisotopic (exact) mass is 501 g/mol. The molecule has 0 aliphatic heterocycles. The summed E-state index contributed by atoms with van der Waals surface area (Å²) in [6, 6.07) is 17.9. The number of carbonyl (C=O) groups excluding carboxylic acids is 1. The molecule has 4 rings (SSSR count). The maximum atomic E-state index is 12.4. The molecule has 0 unspecified atom stereocenters. The number of aromatic nitrogens is 2. The van der Waals surface area contributed by atoms with E-state index in [4.69, 9.17) is 25.5 Å². The number of para-hydroxylation sites is 1. The number of anilines is 1. The van der Waals surface area contributed by atoms with Crippen molar-refractivity contribution in [1.29, 1.82) is 0 Å². The molecule has 4 aromatic rings. The summed E-state index contributed by atoms with van der Waals surface area (Å²) in [6.45, 7) is 0.377. The number of amides is 1. The quantitative estimate of drug-likeness (QED) is 0.331. The number of hydrogen-bond acceptors (Lipinski definition) is 5. The summed E-state index contributed by atoms with van der Waals surface area (Å²) < 4.78 is 19.3. The summed E-state index contributed by atoms with van der Waals surface area (Å²) in [7, 11) is 0. The van der Waals surface area contributed by atoms with Gasteiger partial charge in [-0.25, -0.2) is 4.68 Å².